The Morgan fingerprint density at radius 2 is 2.10 bits per heavy atom. The molecule has 0 spiro atoms. The lowest BCUT2D eigenvalue weighted by Gasteiger charge is -2.23. The third-order valence-electron chi connectivity index (χ3n) is 3.06. The van der Waals surface area contributed by atoms with Crippen LogP contribution in [0, 0.1) is 5.92 Å². The van der Waals surface area contributed by atoms with E-state index in [1.165, 1.54) is 6.20 Å². The van der Waals surface area contributed by atoms with Crippen molar-refractivity contribution < 1.29 is 22.8 Å². The highest BCUT2D eigenvalue weighted by Gasteiger charge is 2.28. The molecule has 0 atom stereocenters. The van der Waals surface area contributed by atoms with Crippen LogP contribution < -0.4 is 10.6 Å². The first-order valence-corrected chi connectivity index (χ1v) is 6.38. The first-order valence-electron chi connectivity index (χ1n) is 6.38. The van der Waals surface area contributed by atoms with E-state index in [4.69, 9.17) is 0 Å². The van der Waals surface area contributed by atoms with Crippen LogP contribution in [0.4, 0.5) is 19.0 Å². The molecule has 0 bridgehead atoms. The summed E-state index contributed by atoms with van der Waals surface area (Å²) >= 11 is 0. The van der Waals surface area contributed by atoms with Crippen molar-refractivity contribution in [1.29, 1.82) is 0 Å². The lowest BCUT2D eigenvalue weighted by atomic mass is 9.85. The van der Waals surface area contributed by atoms with Gasteiger partial charge in [0.15, 0.2) is 5.82 Å². The van der Waals surface area contributed by atoms with Gasteiger partial charge in [-0.25, -0.2) is 4.68 Å². The summed E-state index contributed by atoms with van der Waals surface area (Å²) in [5.41, 5.74) is 0. The van der Waals surface area contributed by atoms with Gasteiger partial charge in [-0.2, -0.15) is 13.2 Å². The number of amides is 2. The molecule has 0 unspecified atom stereocenters. The molecule has 1 saturated carbocycles. The van der Waals surface area contributed by atoms with Crippen LogP contribution in [-0.4, -0.2) is 39.5 Å². The zero-order chi connectivity index (χ0) is 15.5. The Hall–Kier alpha value is -2.13. The van der Waals surface area contributed by atoms with Crippen molar-refractivity contribution in [1.82, 2.24) is 20.3 Å². The number of anilines is 1. The molecule has 1 aliphatic rings. The van der Waals surface area contributed by atoms with Gasteiger partial charge in [0, 0.05) is 5.92 Å². The topological polar surface area (TPSA) is 88.9 Å². The van der Waals surface area contributed by atoms with Crippen LogP contribution in [0.15, 0.2) is 6.20 Å². The summed E-state index contributed by atoms with van der Waals surface area (Å²) in [5, 5.41) is 11.5. The summed E-state index contributed by atoms with van der Waals surface area (Å²) < 4.78 is 36.8. The quantitative estimate of drug-likeness (QED) is 0.838. The average molecular weight is 305 g/mol. The second-order valence-electron chi connectivity index (χ2n) is 4.81. The van der Waals surface area contributed by atoms with Crippen molar-refractivity contribution >= 4 is 17.6 Å². The lowest BCUT2D eigenvalue weighted by molar-refractivity contribution is -0.138. The van der Waals surface area contributed by atoms with E-state index in [0.717, 1.165) is 23.9 Å². The number of carbonyl (C=O) groups excluding carboxylic acids is 2. The molecule has 1 aromatic heterocycles. The zero-order valence-corrected chi connectivity index (χ0v) is 11.0. The first kappa shape index (κ1) is 15.3. The normalized spacial score (nSPS) is 15.4. The van der Waals surface area contributed by atoms with E-state index >= 15 is 0 Å². The van der Waals surface area contributed by atoms with Gasteiger partial charge >= 0.3 is 6.18 Å². The fourth-order valence-corrected chi connectivity index (χ4v) is 1.73. The van der Waals surface area contributed by atoms with Crippen molar-refractivity contribution in [3.05, 3.63) is 6.20 Å². The minimum Gasteiger partial charge on any atom is -0.345 e. The second-order valence-corrected chi connectivity index (χ2v) is 4.81. The molecule has 10 heteroatoms. The van der Waals surface area contributed by atoms with Gasteiger partial charge in [0.1, 0.15) is 13.1 Å². The van der Waals surface area contributed by atoms with Gasteiger partial charge < -0.3 is 10.6 Å². The maximum Gasteiger partial charge on any atom is 0.405 e. The average Bonchev–Trinajstić information content (AvgIpc) is 2.70. The van der Waals surface area contributed by atoms with Crippen molar-refractivity contribution in [3.8, 4) is 0 Å². The van der Waals surface area contributed by atoms with Gasteiger partial charge in [0.25, 0.3) is 0 Å². The van der Waals surface area contributed by atoms with E-state index in [2.05, 4.69) is 15.6 Å². The number of hydrogen-bond acceptors (Lipinski definition) is 4. The summed E-state index contributed by atoms with van der Waals surface area (Å²) in [4.78, 5) is 22.9. The largest absolute Gasteiger partial charge is 0.405 e. The van der Waals surface area contributed by atoms with Gasteiger partial charge in [0.05, 0.1) is 6.20 Å². The summed E-state index contributed by atoms with van der Waals surface area (Å²) in [5.74, 6) is -0.843. The zero-order valence-electron chi connectivity index (χ0n) is 11.0. The summed E-state index contributed by atoms with van der Waals surface area (Å²) in [6.45, 7) is -1.80. The fraction of sp³-hybridized carbons (Fsp3) is 0.636. The molecule has 116 valence electrons. The molecular formula is C11H14F3N5O2. The van der Waals surface area contributed by atoms with Crippen molar-refractivity contribution in [2.45, 2.75) is 32.0 Å². The summed E-state index contributed by atoms with van der Waals surface area (Å²) in [6, 6.07) is 0. The maximum absolute atomic E-state index is 11.9. The fourth-order valence-electron chi connectivity index (χ4n) is 1.73. The molecule has 1 aromatic rings. The van der Waals surface area contributed by atoms with Crippen LogP contribution in [0.5, 0.6) is 0 Å². The lowest BCUT2D eigenvalue weighted by Crippen LogP contribution is -2.35. The van der Waals surface area contributed by atoms with Crippen LogP contribution in [0.1, 0.15) is 19.3 Å². The molecular weight excluding hydrogens is 291 g/mol. The molecule has 1 fully saturated rings. The van der Waals surface area contributed by atoms with E-state index in [0.29, 0.717) is 0 Å². The molecule has 1 heterocycles. The minimum atomic E-state index is -4.46. The monoisotopic (exact) mass is 305 g/mol. The van der Waals surface area contributed by atoms with E-state index in [1.54, 1.807) is 5.32 Å². The predicted octanol–water partition coefficient (Wildman–Crippen LogP) is 0.695. The Labute approximate surface area is 117 Å². The number of nitrogens with one attached hydrogen (secondary N) is 2. The highest BCUT2D eigenvalue weighted by molar-refractivity contribution is 5.92. The van der Waals surface area contributed by atoms with Crippen LogP contribution in [-0.2, 0) is 16.1 Å². The molecule has 0 aliphatic heterocycles. The molecule has 1 aliphatic carbocycles. The van der Waals surface area contributed by atoms with Crippen molar-refractivity contribution in [2.24, 2.45) is 5.92 Å². The number of nitrogens with zero attached hydrogens (tertiary/aromatic N) is 3. The van der Waals surface area contributed by atoms with E-state index < -0.39 is 25.2 Å². The Kier molecular flexibility index (Phi) is 4.43. The van der Waals surface area contributed by atoms with Crippen molar-refractivity contribution in [3.63, 3.8) is 0 Å². The number of rotatable bonds is 5. The third kappa shape index (κ3) is 4.72. The second kappa shape index (κ2) is 6.10. The molecule has 2 rings (SSSR count). The number of carbonyl (C=O) groups is 2. The highest BCUT2D eigenvalue weighted by Crippen LogP contribution is 2.27. The number of halogens is 3. The van der Waals surface area contributed by atoms with E-state index in [-0.39, 0.29) is 17.6 Å². The van der Waals surface area contributed by atoms with Crippen LogP contribution in [0.2, 0.25) is 0 Å². The molecule has 2 amide bonds. The van der Waals surface area contributed by atoms with Gasteiger partial charge in [-0.3, -0.25) is 9.59 Å². The highest BCUT2D eigenvalue weighted by atomic mass is 19.4. The molecule has 0 radical (unpaired) electrons. The summed E-state index contributed by atoms with van der Waals surface area (Å²) in [6.07, 6.45) is -0.479. The predicted molar refractivity (Wildman–Crippen MR) is 65.1 cm³/mol. The van der Waals surface area contributed by atoms with Gasteiger partial charge in [0.2, 0.25) is 11.8 Å². The number of hydrogen-bond donors (Lipinski definition) is 2. The molecule has 0 aromatic carbocycles. The van der Waals surface area contributed by atoms with E-state index in [9.17, 15) is 22.8 Å². The Balaban J connectivity index is 1.79. The van der Waals surface area contributed by atoms with Crippen LogP contribution in [0.3, 0.4) is 0 Å². The number of aromatic nitrogens is 3. The molecule has 0 saturated heterocycles. The smallest absolute Gasteiger partial charge is 0.345 e. The Morgan fingerprint density at radius 1 is 1.38 bits per heavy atom. The molecule has 21 heavy (non-hydrogen) atoms. The van der Waals surface area contributed by atoms with Gasteiger partial charge in [-0.05, 0) is 12.8 Å². The Bertz CT molecular complexity index is 524. The van der Waals surface area contributed by atoms with E-state index in [1.807, 2.05) is 0 Å². The van der Waals surface area contributed by atoms with Crippen molar-refractivity contribution in [2.75, 3.05) is 11.9 Å². The molecule has 7 nitrogen and oxygen atoms in total. The first-order chi connectivity index (χ1) is 9.83. The number of alkyl halides is 3. The third-order valence-corrected chi connectivity index (χ3v) is 3.06. The Morgan fingerprint density at radius 3 is 2.67 bits per heavy atom. The summed E-state index contributed by atoms with van der Waals surface area (Å²) in [7, 11) is 0. The van der Waals surface area contributed by atoms with Gasteiger partial charge in [-0.1, -0.05) is 11.6 Å². The van der Waals surface area contributed by atoms with Gasteiger partial charge in [-0.15, -0.1) is 5.10 Å². The minimum absolute atomic E-state index is 0.0229. The standard InChI is InChI=1S/C11H14F3N5O2/c12-11(13,14)6-15-9(20)5-19-4-8(17-18-19)16-10(21)7-2-1-3-7/h4,7H,1-3,5-6H2,(H,15,20)(H,16,21). The van der Waals surface area contributed by atoms with Crippen LogP contribution >= 0.6 is 0 Å². The van der Waals surface area contributed by atoms with Crippen LogP contribution in [0.25, 0.3) is 0 Å². The molecule has 2 N–H and O–H groups in total. The SMILES string of the molecule is O=C(Cn1cc(NC(=O)C2CCC2)nn1)NCC(F)(F)F. The maximum atomic E-state index is 11.9.